The van der Waals surface area contributed by atoms with Gasteiger partial charge in [-0.05, 0) is 75.7 Å². The van der Waals surface area contributed by atoms with Gasteiger partial charge in [0, 0.05) is 37.5 Å². The van der Waals surface area contributed by atoms with E-state index in [2.05, 4.69) is 40.5 Å². The Morgan fingerprint density at radius 2 is 1.76 bits per heavy atom. The molecule has 3 aliphatic heterocycles. The van der Waals surface area contributed by atoms with E-state index < -0.39 is 23.6 Å². The van der Waals surface area contributed by atoms with Crippen LogP contribution in [0.4, 0.5) is 20.5 Å². The van der Waals surface area contributed by atoms with Crippen molar-refractivity contribution >= 4 is 34.6 Å². The summed E-state index contributed by atoms with van der Waals surface area (Å²) in [5.41, 5.74) is 1.10. The molecule has 2 unspecified atom stereocenters. The lowest BCUT2D eigenvalue weighted by atomic mass is 9.90. The fourth-order valence-corrected chi connectivity index (χ4v) is 7.17. The molecule has 2 atom stereocenters. The van der Waals surface area contributed by atoms with E-state index >= 15 is 0 Å². The zero-order valence-corrected chi connectivity index (χ0v) is 26.1. The number of nitrogens with zero attached hydrogens (tertiary/aromatic N) is 5. The van der Waals surface area contributed by atoms with Crippen LogP contribution in [0.1, 0.15) is 56.4 Å². The number of imide groups is 1. The first-order valence-corrected chi connectivity index (χ1v) is 16.6. The summed E-state index contributed by atoms with van der Waals surface area (Å²) in [6.45, 7) is 1.27. The molecule has 45 heavy (non-hydrogen) atoms. The van der Waals surface area contributed by atoms with Gasteiger partial charge in [0.25, 0.3) is 0 Å². The van der Waals surface area contributed by atoms with Crippen molar-refractivity contribution in [3.63, 3.8) is 0 Å². The van der Waals surface area contributed by atoms with Crippen LogP contribution in [0.5, 0.6) is 11.5 Å². The highest BCUT2D eigenvalue weighted by Crippen LogP contribution is 2.33. The van der Waals surface area contributed by atoms with Crippen LogP contribution in [-0.4, -0.2) is 104 Å². The van der Waals surface area contributed by atoms with E-state index in [1.54, 1.807) is 7.11 Å². The molecule has 5 heterocycles. The highest BCUT2D eigenvalue weighted by atomic mass is 32.2. The number of carbonyl (C=O) groups is 2. The van der Waals surface area contributed by atoms with Gasteiger partial charge < -0.3 is 25.0 Å². The standard InChI is InChI=1S/C29H40F2N8O5S/c1-43-24-15-20(16-32-26(24)36-23-3-4-25(40)37-27(23)41)19-5-10-38(11-6-19)9-2-14-45(42)39-12-7-21(8-13-39)35-29-33-17-22(18-34-29)44-28(30)31/h15-19,21,23,28H,2-14H2,1H3,(H,32,36)(H,33,34,35)(H,37,40,41). The molecular formula is C29H40F2N8O5S. The molecule has 3 N–H and O–H groups in total. The topological polar surface area (TPSA) is 151 Å². The van der Waals surface area contributed by atoms with E-state index in [0.717, 1.165) is 57.3 Å². The van der Waals surface area contributed by atoms with Crippen molar-refractivity contribution in [1.82, 2.24) is 29.5 Å². The molecule has 2 aromatic heterocycles. The first-order chi connectivity index (χ1) is 21.8. The average Bonchev–Trinajstić information content (AvgIpc) is 3.04. The highest BCUT2D eigenvalue weighted by Gasteiger charge is 2.29. The predicted octanol–water partition coefficient (Wildman–Crippen LogP) is 2.51. The summed E-state index contributed by atoms with van der Waals surface area (Å²) in [7, 11) is 0.538. The van der Waals surface area contributed by atoms with Gasteiger partial charge in [-0.1, -0.05) is 0 Å². The number of hydrogen-bond donors (Lipinski definition) is 3. The zero-order valence-electron chi connectivity index (χ0n) is 25.3. The Balaban J connectivity index is 0.990. The van der Waals surface area contributed by atoms with E-state index in [1.165, 1.54) is 12.4 Å². The van der Waals surface area contributed by atoms with Crippen LogP contribution in [0.3, 0.4) is 0 Å². The molecule has 0 saturated carbocycles. The SMILES string of the molecule is COc1cc(C2CCN(CCCS(=O)N3CCC(Nc4ncc(OC(F)F)cn4)CC3)CC2)cnc1NC1CCC(=O)NC1=O. The van der Waals surface area contributed by atoms with Crippen molar-refractivity contribution in [1.29, 1.82) is 0 Å². The number of halogens is 2. The molecule has 0 bridgehead atoms. The molecule has 16 heteroatoms. The Kier molecular flexibility index (Phi) is 11.5. The molecule has 3 saturated heterocycles. The molecule has 0 aliphatic carbocycles. The smallest absolute Gasteiger partial charge is 0.387 e. The Morgan fingerprint density at radius 1 is 1.02 bits per heavy atom. The second-order valence-corrected chi connectivity index (χ2v) is 13.0. The normalized spacial score (nSPS) is 21.4. The number of nitrogens with one attached hydrogen (secondary N) is 3. The minimum atomic E-state index is -2.91. The van der Waals surface area contributed by atoms with Crippen molar-refractivity contribution in [2.24, 2.45) is 0 Å². The number of pyridine rings is 1. The second-order valence-electron chi connectivity index (χ2n) is 11.4. The van der Waals surface area contributed by atoms with Crippen molar-refractivity contribution in [2.75, 3.05) is 56.2 Å². The van der Waals surface area contributed by atoms with Crippen LogP contribution >= 0.6 is 0 Å². The molecule has 3 aliphatic rings. The van der Waals surface area contributed by atoms with Gasteiger partial charge >= 0.3 is 6.61 Å². The van der Waals surface area contributed by atoms with Gasteiger partial charge in [0.1, 0.15) is 6.04 Å². The molecular weight excluding hydrogens is 610 g/mol. The summed E-state index contributed by atoms with van der Waals surface area (Å²) in [5, 5.41) is 8.68. The van der Waals surface area contributed by atoms with Gasteiger partial charge in [0.2, 0.25) is 17.8 Å². The first kappa shape index (κ1) is 32.9. The number of ether oxygens (including phenoxy) is 2. The van der Waals surface area contributed by atoms with E-state index in [9.17, 15) is 22.6 Å². The molecule has 0 radical (unpaired) electrons. The molecule has 246 valence electrons. The number of likely N-dealkylation sites (tertiary alicyclic amines) is 1. The number of hydrogen-bond acceptors (Lipinski definition) is 11. The number of amides is 2. The summed E-state index contributed by atoms with van der Waals surface area (Å²) in [5.74, 6) is 1.70. The Hall–Kier alpha value is -3.50. The molecule has 2 amide bonds. The third kappa shape index (κ3) is 9.26. The number of carbonyl (C=O) groups excluding carboxylic acids is 2. The summed E-state index contributed by atoms with van der Waals surface area (Å²) in [6.07, 6.45) is 9.36. The fraction of sp³-hybridized carbons (Fsp3) is 0.621. The van der Waals surface area contributed by atoms with Gasteiger partial charge in [-0.15, -0.1) is 0 Å². The molecule has 2 aromatic rings. The average molecular weight is 651 g/mol. The van der Waals surface area contributed by atoms with Crippen molar-refractivity contribution < 1.29 is 32.1 Å². The van der Waals surface area contributed by atoms with Crippen LogP contribution in [0, 0.1) is 0 Å². The largest absolute Gasteiger partial charge is 0.493 e. The number of alkyl halides is 2. The maximum atomic E-state index is 13.0. The van der Waals surface area contributed by atoms with Crippen LogP contribution < -0.4 is 25.4 Å². The molecule has 0 spiro atoms. The van der Waals surface area contributed by atoms with E-state index in [-0.39, 0.29) is 30.0 Å². The molecule has 3 fully saturated rings. The second kappa shape index (κ2) is 15.7. The zero-order chi connectivity index (χ0) is 31.8. The summed E-state index contributed by atoms with van der Waals surface area (Å²) in [6, 6.07) is 1.58. The van der Waals surface area contributed by atoms with Crippen molar-refractivity contribution in [2.45, 2.75) is 69.6 Å². The Morgan fingerprint density at radius 3 is 2.42 bits per heavy atom. The minimum Gasteiger partial charge on any atom is -0.493 e. The van der Waals surface area contributed by atoms with Gasteiger partial charge in [-0.3, -0.25) is 14.9 Å². The van der Waals surface area contributed by atoms with Crippen LogP contribution in [-0.2, 0) is 20.6 Å². The lowest BCUT2D eigenvalue weighted by Gasteiger charge is -2.33. The summed E-state index contributed by atoms with van der Waals surface area (Å²) < 4.78 is 49.4. The lowest BCUT2D eigenvalue weighted by molar-refractivity contribution is -0.133. The third-order valence-corrected chi connectivity index (χ3v) is 10.0. The number of piperidine rings is 3. The Bertz CT molecular complexity index is 1320. The lowest BCUT2D eigenvalue weighted by Crippen LogP contribution is -2.47. The van der Waals surface area contributed by atoms with Crippen molar-refractivity contribution in [3.8, 4) is 11.5 Å². The van der Waals surface area contributed by atoms with E-state index in [1.807, 2.05) is 16.6 Å². The van der Waals surface area contributed by atoms with Crippen LogP contribution in [0.2, 0.25) is 0 Å². The van der Waals surface area contributed by atoms with Crippen LogP contribution in [0.25, 0.3) is 0 Å². The van der Waals surface area contributed by atoms with Gasteiger partial charge in [0.05, 0.1) is 30.5 Å². The van der Waals surface area contributed by atoms with E-state index in [0.29, 0.717) is 48.7 Å². The van der Waals surface area contributed by atoms with Gasteiger partial charge in [-0.2, -0.15) is 8.78 Å². The van der Waals surface area contributed by atoms with E-state index in [4.69, 9.17) is 4.74 Å². The van der Waals surface area contributed by atoms with Gasteiger partial charge in [0.15, 0.2) is 17.3 Å². The molecule has 5 rings (SSSR count). The molecule has 0 aromatic carbocycles. The molecule has 13 nitrogen and oxygen atoms in total. The maximum absolute atomic E-state index is 13.0. The predicted molar refractivity (Wildman–Crippen MR) is 164 cm³/mol. The third-order valence-electron chi connectivity index (χ3n) is 8.42. The maximum Gasteiger partial charge on any atom is 0.387 e. The summed E-state index contributed by atoms with van der Waals surface area (Å²) >= 11 is 0. The summed E-state index contributed by atoms with van der Waals surface area (Å²) in [4.78, 5) is 38.6. The quantitative estimate of drug-likeness (QED) is 0.275. The van der Waals surface area contributed by atoms with Crippen LogP contribution in [0.15, 0.2) is 24.7 Å². The van der Waals surface area contributed by atoms with Crippen molar-refractivity contribution in [3.05, 3.63) is 30.2 Å². The monoisotopic (exact) mass is 650 g/mol. The number of anilines is 2. The number of aromatic nitrogens is 3. The Labute approximate surface area is 263 Å². The minimum absolute atomic E-state index is 0.0871. The first-order valence-electron chi connectivity index (χ1n) is 15.3. The fourth-order valence-electron chi connectivity index (χ4n) is 5.91. The number of methoxy groups -OCH3 is 1. The van der Waals surface area contributed by atoms with Gasteiger partial charge in [-0.25, -0.2) is 23.5 Å². The number of rotatable bonds is 13. The highest BCUT2D eigenvalue weighted by molar-refractivity contribution is 7.82.